The molecule has 0 atom stereocenters. The van der Waals surface area contributed by atoms with Crippen LogP contribution >= 0.6 is 0 Å². The molecular formula is C24H33N5O3. The summed E-state index contributed by atoms with van der Waals surface area (Å²) in [4.78, 5) is 29.5. The number of benzene rings is 1. The number of fused-ring (bicyclic) bond motifs is 1. The van der Waals surface area contributed by atoms with Gasteiger partial charge in [0.2, 0.25) is 5.95 Å². The summed E-state index contributed by atoms with van der Waals surface area (Å²) >= 11 is 0. The number of aromatic nitrogens is 3. The number of nitrogens with zero attached hydrogens (tertiary/aromatic N) is 4. The van der Waals surface area contributed by atoms with Gasteiger partial charge in [-0.25, -0.2) is 4.98 Å². The van der Waals surface area contributed by atoms with Gasteiger partial charge in [-0.3, -0.25) is 4.79 Å². The van der Waals surface area contributed by atoms with E-state index in [9.17, 15) is 4.79 Å². The average molecular weight is 440 g/mol. The minimum Gasteiger partial charge on any atom is -0.494 e. The van der Waals surface area contributed by atoms with Gasteiger partial charge in [0, 0.05) is 29.9 Å². The quantitative estimate of drug-likeness (QED) is 0.429. The topological polar surface area (TPSA) is 81.5 Å². The molecule has 0 unspecified atom stereocenters. The molecule has 0 saturated carbocycles. The fourth-order valence-corrected chi connectivity index (χ4v) is 3.19. The maximum Gasteiger partial charge on any atom is 0.285 e. The number of nitrogens with one attached hydrogen (secondary N) is 1. The Morgan fingerprint density at radius 1 is 1.09 bits per heavy atom. The second-order valence-corrected chi connectivity index (χ2v) is 7.73. The lowest BCUT2D eigenvalue weighted by Crippen LogP contribution is -2.33. The summed E-state index contributed by atoms with van der Waals surface area (Å²) in [5, 5.41) is 3.92. The summed E-state index contributed by atoms with van der Waals surface area (Å²) in [6.45, 7) is 8.94. The molecule has 8 nitrogen and oxygen atoms in total. The Hall–Kier alpha value is -3.13. The van der Waals surface area contributed by atoms with Crippen LogP contribution < -0.4 is 20.5 Å². The summed E-state index contributed by atoms with van der Waals surface area (Å²) in [6.07, 6.45) is 4.22. The number of anilines is 2. The molecule has 32 heavy (non-hydrogen) atoms. The summed E-state index contributed by atoms with van der Waals surface area (Å²) < 4.78 is 7.08. The third-order valence-electron chi connectivity index (χ3n) is 5.36. The highest BCUT2D eigenvalue weighted by molar-refractivity contribution is 5.75. The maximum absolute atomic E-state index is 12.4. The predicted octanol–water partition coefficient (Wildman–Crippen LogP) is 3.87. The van der Waals surface area contributed by atoms with E-state index in [2.05, 4.69) is 34.2 Å². The molecule has 0 fully saturated rings. The molecule has 1 aromatic carbocycles. The van der Waals surface area contributed by atoms with Gasteiger partial charge < -0.3 is 19.8 Å². The van der Waals surface area contributed by atoms with Gasteiger partial charge >= 0.3 is 0 Å². The molecule has 1 N–H and O–H groups in total. The van der Waals surface area contributed by atoms with E-state index in [0.717, 1.165) is 49.2 Å². The van der Waals surface area contributed by atoms with Crippen LogP contribution in [0.5, 0.6) is 5.75 Å². The van der Waals surface area contributed by atoms with Crippen molar-refractivity contribution in [3.05, 3.63) is 52.9 Å². The molecule has 0 aliphatic heterocycles. The van der Waals surface area contributed by atoms with Crippen LogP contribution in [0.2, 0.25) is 0 Å². The van der Waals surface area contributed by atoms with Crippen molar-refractivity contribution in [2.45, 2.75) is 46.1 Å². The molecule has 8 heteroatoms. The zero-order valence-electron chi connectivity index (χ0n) is 19.4. The summed E-state index contributed by atoms with van der Waals surface area (Å²) in [6, 6.07) is 10.8. The van der Waals surface area contributed by atoms with Crippen molar-refractivity contribution < 1.29 is 9.57 Å². The molecule has 0 aliphatic carbocycles. The zero-order chi connectivity index (χ0) is 22.9. The van der Waals surface area contributed by atoms with Crippen LogP contribution in [-0.4, -0.2) is 52.4 Å². The molecule has 3 aromatic rings. The molecule has 0 aliphatic rings. The molecule has 0 radical (unpaired) electrons. The molecular weight excluding hydrogens is 406 g/mol. The van der Waals surface area contributed by atoms with Crippen molar-refractivity contribution in [3.8, 4) is 5.75 Å². The van der Waals surface area contributed by atoms with Gasteiger partial charge in [-0.15, -0.1) is 4.73 Å². The molecule has 0 spiro atoms. The molecule has 0 bridgehead atoms. The lowest BCUT2D eigenvalue weighted by Gasteiger charge is -2.17. The maximum atomic E-state index is 12.4. The second-order valence-electron chi connectivity index (χ2n) is 7.73. The van der Waals surface area contributed by atoms with Crippen molar-refractivity contribution in [3.63, 3.8) is 0 Å². The molecule has 0 amide bonds. The minimum absolute atomic E-state index is 0.0559. The summed E-state index contributed by atoms with van der Waals surface area (Å²) in [5.41, 5.74) is 1.02. The normalized spacial score (nSPS) is 11.3. The Morgan fingerprint density at radius 2 is 1.84 bits per heavy atom. The highest BCUT2D eigenvalue weighted by Crippen LogP contribution is 2.19. The van der Waals surface area contributed by atoms with Crippen LogP contribution in [0.15, 0.2) is 47.4 Å². The third kappa shape index (κ3) is 6.20. The Balaban J connectivity index is 1.70. The van der Waals surface area contributed by atoms with E-state index in [1.165, 1.54) is 10.8 Å². The fourth-order valence-electron chi connectivity index (χ4n) is 3.19. The number of rotatable bonds is 12. The smallest absolute Gasteiger partial charge is 0.285 e. The first kappa shape index (κ1) is 23.5. The van der Waals surface area contributed by atoms with E-state index < -0.39 is 0 Å². The van der Waals surface area contributed by atoms with Gasteiger partial charge in [-0.05, 0) is 63.2 Å². The number of hydrogen-bond donors (Lipinski definition) is 1. The van der Waals surface area contributed by atoms with Crippen LogP contribution in [0.4, 0.5) is 11.6 Å². The average Bonchev–Trinajstić information content (AvgIpc) is 2.82. The van der Waals surface area contributed by atoms with Crippen LogP contribution in [0.25, 0.3) is 11.0 Å². The van der Waals surface area contributed by atoms with Crippen molar-refractivity contribution in [2.24, 2.45) is 0 Å². The van der Waals surface area contributed by atoms with Crippen LogP contribution in [0, 0.1) is 0 Å². The Bertz CT molecular complexity index is 1050. The Kier molecular flexibility index (Phi) is 8.44. The first-order valence-electron chi connectivity index (χ1n) is 11.3. The van der Waals surface area contributed by atoms with Gasteiger partial charge in [0.15, 0.2) is 5.65 Å². The monoisotopic (exact) mass is 439 g/mol. The fraction of sp³-hybridized carbons (Fsp3) is 0.458. The van der Waals surface area contributed by atoms with Crippen molar-refractivity contribution in [1.29, 1.82) is 0 Å². The highest BCUT2D eigenvalue weighted by Gasteiger charge is 2.12. The van der Waals surface area contributed by atoms with Crippen molar-refractivity contribution in [2.75, 3.05) is 32.1 Å². The largest absolute Gasteiger partial charge is 0.494 e. The van der Waals surface area contributed by atoms with E-state index in [1.807, 2.05) is 38.1 Å². The zero-order valence-corrected chi connectivity index (χ0v) is 19.4. The van der Waals surface area contributed by atoms with Gasteiger partial charge in [0.1, 0.15) is 11.9 Å². The first-order chi connectivity index (χ1) is 15.5. The first-order valence-corrected chi connectivity index (χ1v) is 11.3. The Morgan fingerprint density at radius 3 is 2.53 bits per heavy atom. The van der Waals surface area contributed by atoms with Gasteiger partial charge in [0.05, 0.1) is 6.61 Å². The summed E-state index contributed by atoms with van der Waals surface area (Å²) in [7, 11) is 2.10. The molecule has 3 rings (SSSR count). The number of ether oxygens (including phenoxy) is 1. The van der Waals surface area contributed by atoms with Crippen LogP contribution in [0.3, 0.4) is 0 Å². The van der Waals surface area contributed by atoms with Gasteiger partial charge in [-0.1, -0.05) is 20.8 Å². The van der Waals surface area contributed by atoms with E-state index in [4.69, 9.17) is 9.57 Å². The lowest BCUT2D eigenvalue weighted by atomic mass is 10.2. The van der Waals surface area contributed by atoms with Gasteiger partial charge in [-0.2, -0.15) is 4.98 Å². The summed E-state index contributed by atoms with van der Waals surface area (Å²) in [5.74, 6) is 1.21. The predicted molar refractivity (Wildman–Crippen MR) is 128 cm³/mol. The van der Waals surface area contributed by atoms with E-state index >= 15 is 0 Å². The number of pyridine rings is 1. The lowest BCUT2D eigenvalue weighted by molar-refractivity contribution is 0.0331. The van der Waals surface area contributed by atoms with E-state index in [0.29, 0.717) is 18.2 Å². The molecule has 172 valence electrons. The van der Waals surface area contributed by atoms with E-state index in [1.54, 1.807) is 12.3 Å². The number of hydrogen-bond acceptors (Lipinski definition) is 7. The van der Waals surface area contributed by atoms with Crippen molar-refractivity contribution in [1.82, 2.24) is 19.6 Å². The van der Waals surface area contributed by atoms with Crippen LogP contribution in [-0.2, 0) is 0 Å². The van der Waals surface area contributed by atoms with E-state index in [-0.39, 0.29) is 11.7 Å². The van der Waals surface area contributed by atoms with Crippen molar-refractivity contribution >= 4 is 22.7 Å². The molecule has 2 heterocycles. The standard InChI is InChI=1S/C24H33N5O3/c1-5-20(6-2)32-29-22(30)14-9-18-17-25-24(27-23(18)29)26-19-10-12-21(13-11-19)31-16-8-15-28(4)7-3/h9-14,17,20H,5-8,15-16H2,1-4H3,(H,25,26,27). The Labute approximate surface area is 189 Å². The van der Waals surface area contributed by atoms with Crippen LogP contribution in [0.1, 0.15) is 40.0 Å². The molecule has 0 saturated heterocycles. The van der Waals surface area contributed by atoms with Gasteiger partial charge in [0.25, 0.3) is 5.56 Å². The highest BCUT2D eigenvalue weighted by atomic mass is 16.7. The minimum atomic E-state index is -0.249. The third-order valence-corrected chi connectivity index (χ3v) is 5.36. The SMILES string of the molecule is CCC(CC)On1c(=O)ccc2cnc(Nc3ccc(OCCCN(C)CC)cc3)nc21. The second kappa shape index (κ2) is 11.5. The molecule has 2 aromatic heterocycles.